The summed E-state index contributed by atoms with van der Waals surface area (Å²) >= 11 is 5.84. The molecule has 17 heavy (non-hydrogen) atoms. The van der Waals surface area contributed by atoms with E-state index >= 15 is 0 Å². The van der Waals surface area contributed by atoms with Crippen LogP contribution in [0.4, 0.5) is 5.69 Å². The van der Waals surface area contributed by atoms with Crippen LogP contribution in [-0.4, -0.2) is 35.3 Å². The second-order valence-corrected chi connectivity index (χ2v) is 4.36. The molecule has 0 aliphatic carbocycles. The molecule has 0 spiro atoms. The van der Waals surface area contributed by atoms with Gasteiger partial charge in [0.15, 0.2) is 0 Å². The summed E-state index contributed by atoms with van der Waals surface area (Å²) < 4.78 is 0. The lowest BCUT2D eigenvalue weighted by molar-refractivity contribution is 0.336. The molecule has 5 nitrogen and oxygen atoms in total. The van der Waals surface area contributed by atoms with Gasteiger partial charge in [-0.2, -0.15) is 0 Å². The maximum Gasteiger partial charge on any atom is 0.490 e. The molecule has 0 amide bonds. The Kier molecular flexibility index (Phi) is 3.99. The van der Waals surface area contributed by atoms with Crippen LogP contribution in [0.2, 0.25) is 5.02 Å². The highest BCUT2D eigenvalue weighted by molar-refractivity contribution is 6.60. The van der Waals surface area contributed by atoms with Crippen LogP contribution in [0.25, 0.3) is 0 Å². The largest absolute Gasteiger partial charge is 0.490 e. The van der Waals surface area contributed by atoms with Gasteiger partial charge in [0.25, 0.3) is 0 Å². The molecular weight excluding hydrogens is 240 g/mol. The van der Waals surface area contributed by atoms with Crippen molar-refractivity contribution in [1.82, 2.24) is 5.01 Å². The first-order valence-corrected chi connectivity index (χ1v) is 5.87. The van der Waals surface area contributed by atoms with E-state index in [1.54, 1.807) is 12.1 Å². The van der Waals surface area contributed by atoms with Crippen molar-refractivity contribution in [2.24, 2.45) is 10.3 Å². The first-order chi connectivity index (χ1) is 8.16. The normalized spacial score (nSPS) is 15.8. The van der Waals surface area contributed by atoms with Crippen molar-refractivity contribution in [3.63, 3.8) is 0 Å². The molecule has 7 heteroatoms. The van der Waals surface area contributed by atoms with Crippen LogP contribution < -0.4 is 5.46 Å². The number of hydrogen-bond donors (Lipinski definition) is 2. The average Bonchev–Trinajstić information content (AvgIpc) is 2.78. The van der Waals surface area contributed by atoms with Crippen molar-refractivity contribution in [3.05, 3.63) is 23.2 Å². The quantitative estimate of drug-likeness (QED) is 0.626. The zero-order valence-corrected chi connectivity index (χ0v) is 10.0. The highest BCUT2D eigenvalue weighted by atomic mass is 35.5. The molecule has 0 radical (unpaired) electrons. The third-order valence-electron chi connectivity index (χ3n) is 2.63. The van der Waals surface area contributed by atoms with Crippen LogP contribution in [0.1, 0.15) is 12.8 Å². The van der Waals surface area contributed by atoms with Gasteiger partial charge in [0.1, 0.15) is 0 Å². The highest BCUT2D eigenvalue weighted by Crippen LogP contribution is 2.18. The summed E-state index contributed by atoms with van der Waals surface area (Å²) in [5.74, 6) is 0. The molecule has 1 aromatic carbocycles. The number of hydrogen-bond acceptors (Lipinski definition) is 4. The van der Waals surface area contributed by atoms with Crippen LogP contribution >= 0.6 is 11.6 Å². The summed E-state index contributed by atoms with van der Waals surface area (Å²) in [6.45, 7) is 1.78. The Morgan fingerprint density at radius 2 is 1.94 bits per heavy atom. The first-order valence-electron chi connectivity index (χ1n) is 5.49. The van der Waals surface area contributed by atoms with Crippen molar-refractivity contribution in [2.75, 3.05) is 13.1 Å². The molecule has 2 rings (SSSR count). The minimum absolute atomic E-state index is 0.303. The van der Waals surface area contributed by atoms with Crippen molar-refractivity contribution < 1.29 is 10.0 Å². The maximum absolute atomic E-state index is 9.18. The molecular formula is C10H13BClN3O2. The topological polar surface area (TPSA) is 68.4 Å². The van der Waals surface area contributed by atoms with E-state index in [1.165, 1.54) is 6.07 Å². The predicted molar refractivity (Wildman–Crippen MR) is 66.6 cm³/mol. The monoisotopic (exact) mass is 253 g/mol. The Morgan fingerprint density at radius 1 is 1.24 bits per heavy atom. The zero-order chi connectivity index (χ0) is 12.3. The van der Waals surface area contributed by atoms with Crippen molar-refractivity contribution in [2.45, 2.75) is 12.8 Å². The van der Waals surface area contributed by atoms with Crippen LogP contribution in [0.5, 0.6) is 0 Å². The first kappa shape index (κ1) is 12.4. The molecule has 0 aromatic heterocycles. The SMILES string of the molecule is OB(O)c1ccc(Cl)cc1N=NN1CCCC1. The standard InChI is InChI=1S/C10H13BClN3O2/c12-8-3-4-9(11(16)17)10(7-8)13-14-15-5-1-2-6-15/h3-4,7,16-17H,1-2,5-6H2. The van der Waals surface area contributed by atoms with Gasteiger partial charge in [-0.25, -0.2) is 0 Å². The van der Waals surface area contributed by atoms with Gasteiger partial charge in [-0.15, -0.1) is 5.11 Å². The summed E-state index contributed by atoms with van der Waals surface area (Å²) in [7, 11) is -1.57. The second-order valence-electron chi connectivity index (χ2n) is 3.93. The molecule has 1 aliphatic heterocycles. The van der Waals surface area contributed by atoms with E-state index in [0.29, 0.717) is 16.2 Å². The van der Waals surface area contributed by atoms with Gasteiger partial charge in [0.2, 0.25) is 0 Å². The van der Waals surface area contributed by atoms with Gasteiger partial charge < -0.3 is 10.0 Å². The van der Waals surface area contributed by atoms with Crippen LogP contribution in [0, 0.1) is 0 Å². The van der Waals surface area contributed by atoms with Gasteiger partial charge in [0, 0.05) is 23.6 Å². The predicted octanol–water partition coefficient (Wildman–Crippen LogP) is 1.11. The van der Waals surface area contributed by atoms with Gasteiger partial charge in [-0.3, -0.25) is 5.01 Å². The van der Waals surface area contributed by atoms with Gasteiger partial charge in [-0.05, 0) is 25.0 Å². The second kappa shape index (κ2) is 5.49. The fraction of sp³-hybridized carbons (Fsp3) is 0.400. The fourth-order valence-electron chi connectivity index (χ4n) is 1.72. The van der Waals surface area contributed by atoms with E-state index in [-0.39, 0.29) is 0 Å². The molecule has 1 saturated heterocycles. The molecule has 0 atom stereocenters. The van der Waals surface area contributed by atoms with Gasteiger partial charge >= 0.3 is 7.12 Å². The Bertz CT molecular complexity index is 422. The maximum atomic E-state index is 9.18. The third-order valence-corrected chi connectivity index (χ3v) is 2.87. The van der Waals surface area contributed by atoms with Gasteiger partial charge in [-0.1, -0.05) is 22.9 Å². The number of benzene rings is 1. The van der Waals surface area contributed by atoms with Crippen LogP contribution in [0.15, 0.2) is 28.5 Å². The molecule has 1 fully saturated rings. The molecule has 0 unspecified atom stereocenters. The minimum Gasteiger partial charge on any atom is -0.423 e. The zero-order valence-electron chi connectivity index (χ0n) is 9.25. The lowest BCUT2D eigenvalue weighted by Crippen LogP contribution is -2.30. The lowest BCUT2D eigenvalue weighted by Gasteiger charge is -2.08. The Labute approximate surface area is 105 Å². The Morgan fingerprint density at radius 3 is 2.59 bits per heavy atom. The third kappa shape index (κ3) is 3.18. The molecule has 1 aliphatic rings. The van der Waals surface area contributed by atoms with E-state index in [1.807, 2.05) is 5.01 Å². The van der Waals surface area contributed by atoms with E-state index in [0.717, 1.165) is 25.9 Å². The number of nitrogens with zero attached hydrogens (tertiary/aromatic N) is 3. The van der Waals surface area contributed by atoms with Crippen molar-refractivity contribution in [1.29, 1.82) is 0 Å². The van der Waals surface area contributed by atoms with Crippen LogP contribution in [-0.2, 0) is 0 Å². The molecule has 2 N–H and O–H groups in total. The fourth-order valence-corrected chi connectivity index (χ4v) is 1.89. The van der Waals surface area contributed by atoms with E-state index in [4.69, 9.17) is 11.6 Å². The van der Waals surface area contributed by atoms with Gasteiger partial charge in [0.05, 0.1) is 5.69 Å². The summed E-state index contributed by atoms with van der Waals surface area (Å²) in [5, 5.41) is 28.8. The molecule has 0 bridgehead atoms. The van der Waals surface area contributed by atoms with Crippen molar-refractivity contribution >= 4 is 29.9 Å². The van der Waals surface area contributed by atoms with Crippen molar-refractivity contribution in [3.8, 4) is 0 Å². The summed E-state index contributed by atoms with van der Waals surface area (Å²) in [6.07, 6.45) is 2.23. The molecule has 90 valence electrons. The lowest BCUT2D eigenvalue weighted by atomic mass is 9.79. The minimum atomic E-state index is -1.57. The highest BCUT2D eigenvalue weighted by Gasteiger charge is 2.16. The van der Waals surface area contributed by atoms with E-state index < -0.39 is 7.12 Å². The van der Waals surface area contributed by atoms with E-state index in [9.17, 15) is 10.0 Å². The average molecular weight is 253 g/mol. The molecule has 1 heterocycles. The molecule has 1 aromatic rings. The van der Waals surface area contributed by atoms with Crippen LogP contribution in [0.3, 0.4) is 0 Å². The number of halogens is 1. The molecule has 0 saturated carbocycles. The summed E-state index contributed by atoms with van der Waals surface area (Å²) in [4.78, 5) is 0. The smallest absolute Gasteiger partial charge is 0.423 e. The Balaban J connectivity index is 2.20. The summed E-state index contributed by atoms with van der Waals surface area (Å²) in [6, 6.07) is 4.69. The van der Waals surface area contributed by atoms with E-state index in [2.05, 4.69) is 10.3 Å². The summed E-state index contributed by atoms with van der Waals surface area (Å²) in [5.41, 5.74) is 0.691. The number of rotatable bonds is 3. The Hall–Kier alpha value is -1.11.